The number of rotatable bonds is 7. The van der Waals surface area contributed by atoms with Crippen molar-refractivity contribution in [2.75, 3.05) is 19.9 Å². The summed E-state index contributed by atoms with van der Waals surface area (Å²) in [6.07, 6.45) is 1.57. The molecule has 1 amide bonds. The van der Waals surface area contributed by atoms with Crippen LogP contribution in [0.3, 0.4) is 0 Å². The summed E-state index contributed by atoms with van der Waals surface area (Å²) < 4.78 is 43.9. The second kappa shape index (κ2) is 8.81. The maximum absolute atomic E-state index is 12.7. The average molecular weight is 453 g/mol. The molecule has 0 radical (unpaired) electrons. The van der Waals surface area contributed by atoms with Gasteiger partial charge in [-0.1, -0.05) is 17.7 Å². The normalized spacial score (nSPS) is 17.8. The molecule has 10 heteroatoms. The highest BCUT2D eigenvalue weighted by molar-refractivity contribution is 7.89. The third-order valence-electron chi connectivity index (χ3n) is 4.90. The van der Waals surface area contributed by atoms with Crippen LogP contribution in [0.15, 0.2) is 41.3 Å². The first-order chi connectivity index (χ1) is 14.4. The minimum Gasteiger partial charge on any atom is -0.454 e. The van der Waals surface area contributed by atoms with Crippen LogP contribution in [0.5, 0.6) is 11.5 Å². The average Bonchev–Trinajstić information content (AvgIpc) is 3.42. The molecule has 4 rings (SSSR count). The van der Waals surface area contributed by atoms with Crippen LogP contribution in [-0.2, 0) is 21.3 Å². The van der Waals surface area contributed by atoms with Crippen molar-refractivity contribution in [3.8, 4) is 11.5 Å². The molecule has 2 aromatic rings. The maximum atomic E-state index is 12.7. The van der Waals surface area contributed by atoms with Gasteiger partial charge in [0.15, 0.2) is 11.5 Å². The Hall–Kier alpha value is -2.33. The van der Waals surface area contributed by atoms with Gasteiger partial charge in [0.2, 0.25) is 16.8 Å². The van der Waals surface area contributed by atoms with Gasteiger partial charge >= 0.3 is 0 Å². The number of hydrogen-bond donors (Lipinski definition) is 2. The summed E-state index contributed by atoms with van der Waals surface area (Å²) in [5, 5.41) is 2.81. The molecule has 2 N–H and O–H groups in total. The number of halogens is 1. The van der Waals surface area contributed by atoms with E-state index in [9.17, 15) is 13.2 Å². The SMILES string of the molecule is O=C(NCc1ccc2c(c1)OCO2)c1ccc(Cl)c(S(=O)(=O)NC[C@H]2CCCO2)c1. The number of fused-ring (bicyclic) bond motifs is 1. The Bertz CT molecular complexity index is 1050. The van der Waals surface area contributed by atoms with Crippen molar-refractivity contribution in [2.24, 2.45) is 0 Å². The number of ether oxygens (including phenoxy) is 3. The lowest BCUT2D eigenvalue weighted by Gasteiger charge is -2.13. The molecule has 0 saturated carbocycles. The number of nitrogens with one attached hydrogen (secondary N) is 2. The van der Waals surface area contributed by atoms with Crippen molar-refractivity contribution < 1.29 is 27.4 Å². The second-order valence-corrected chi connectivity index (χ2v) is 9.14. The molecule has 30 heavy (non-hydrogen) atoms. The molecule has 0 spiro atoms. The number of sulfonamides is 1. The highest BCUT2D eigenvalue weighted by Crippen LogP contribution is 2.32. The Balaban J connectivity index is 1.43. The standard InChI is InChI=1S/C20H21ClN2O6S/c21-16-5-4-14(9-19(16)30(25,26)23-11-15-2-1-7-27-15)20(24)22-10-13-3-6-17-18(8-13)29-12-28-17/h3-6,8-9,15,23H,1-2,7,10-12H2,(H,22,24)/t15-/m1/s1. The van der Waals surface area contributed by atoms with E-state index in [0.29, 0.717) is 18.1 Å². The first kappa shape index (κ1) is 20.9. The van der Waals surface area contributed by atoms with E-state index in [1.165, 1.54) is 18.2 Å². The minimum absolute atomic E-state index is 0.0437. The van der Waals surface area contributed by atoms with E-state index in [4.69, 9.17) is 25.8 Å². The van der Waals surface area contributed by atoms with Crippen LogP contribution in [0, 0.1) is 0 Å². The number of benzene rings is 2. The summed E-state index contributed by atoms with van der Waals surface area (Å²) in [5.41, 5.74) is 1.02. The molecule has 160 valence electrons. The lowest BCUT2D eigenvalue weighted by atomic mass is 10.1. The largest absolute Gasteiger partial charge is 0.454 e. The summed E-state index contributed by atoms with van der Waals surface area (Å²) in [6.45, 7) is 1.22. The fourth-order valence-corrected chi connectivity index (χ4v) is 4.86. The Morgan fingerprint density at radius 2 is 1.97 bits per heavy atom. The van der Waals surface area contributed by atoms with Gasteiger partial charge in [0, 0.05) is 25.3 Å². The third kappa shape index (κ3) is 4.70. The predicted octanol–water partition coefficient (Wildman–Crippen LogP) is 2.46. The van der Waals surface area contributed by atoms with E-state index in [0.717, 1.165) is 18.4 Å². The molecule has 8 nitrogen and oxygen atoms in total. The summed E-state index contributed by atoms with van der Waals surface area (Å²) in [5.74, 6) is 0.868. The molecule has 0 aliphatic carbocycles. The molecule has 1 atom stereocenters. The van der Waals surface area contributed by atoms with E-state index in [1.54, 1.807) is 12.1 Å². The lowest BCUT2D eigenvalue weighted by molar-refractivity contribution is 0.0950. The highest BCUT2D eigenvalue weighted by Gasteiger charge is 2.23. The zero-order valence-electron chi connectivity index (χ0n) is 16.0. The molecule has 0 unspecified atom stereocenters. The van der Waals surface area contributed by atoms with Crippen molar-refractivity contribution in [1.29, 1.82) is 0 Å². The number of amides is 1. The van der Waals surface area contributed by atoms with Crippen molar-refractivity contribution >= 4 is 27.5 Å². The van der Waals surface area contributed by atoms with Crippen LogP contribution in [0.1, 0.15) is 28.8 Å². The van der Waals surface area contributed by atoms with Crippen LogP contribution >= 0.6 is 11.6 Å². The Labute approximate surface area is 179 Å². The minimum atomic E-state index is -3.88. The van der Waals surface area contributed by atoms with Gasteiger partial charge in [-0.25, -0.2) is 13.1 Å². The smallest absolute Gasteiger partial charge is 0.251 e. The molecule has 2 aromatic carbocycles. The predicted molar refractivity (Wildman–Crippen MR) is 109 cm³/mol. The molecule has 2 aliphatic rings. The monoisotopic (exact) mass is 452 g/mol. The van der Waals surface area contributed by atoms with E-state index in [-0.39, 0.29) is 41.5 Å². The molecular weight excluding hydrogens is 432 g/mol. The number of hydrogen-bond acceptors (Lipinski definition) is 6. The molecule has 0 bridgehead atoms. The summed E-state index contributed by atoms with van der Waals surface area (Å²) in [6, 6.07) is 9.54. The van der Waals surface area contributed by atoms with Crippen LogP contribution in [-0.4, -0.2) is 40.4 Å². The summed E-state index contributed by atoms with van der Waals surface area (Å²) >= 11 is 6.10. The highest BCUT2D eigenvalue weighted by atomic mass is 35.5. The van der Waals surface area contributed by atoms with Gasteiger partial charge < -0.3 is 19.5 Å². The van der Waals surface area contributed by atoms with Gasteiger partial charge in [-0.2, -0.15) is 0 Å². The zero-order valence-corrected chi connectivity index (χ0v) is 17.6. The van der Waals surface area contributed by atoms with Crippen LogP contribution in [0.4, 0.5) is 0 Å². The fraction of sp³-hybridized carbons (Fsp3) is 0.350. The lowest BCUT2D eigenvalue weighted by Crippen LogP contribution is -2.32. The first-order valence-electron chi connectivity index (χ1n) is 9.50. The number of carbonyl (C=O) groups excluding carboxylic acids is 1. The molecule has 0 aromatic heterocycles. The first-order valence-corrected chi connectivity index (χ1v) is 11.4. The van der Waals surface area contributed by atoms with Gasteiger partial charge in [0.25, 0.3) is 5.91 Å². The molecule has 2 heterocycles. The maximum Gasteiger partial charge on any atom is 0.251 e. The number of carbonyl (C=O) groups is 1. The van der Waals surface area contributed by atoms with E-state index in [1.807, 2.05) is 6.07 Å². The fourth-order valence-electron chi connectivity index (χ4n) is 3.27. The zero-order chi connectivity index (χ0) is 21.1. The van der Waals surface area contributed by atoms with Crippen LogP contribution in [0.25, 0.3) is 0 Å². The van der Waals surface area contributed by atoms with E-state index < -0.39 is 15.9 Å². The molecular formula is C20H21ClN2O6S. The molecule has 2 aliphatic heterocycles. The van der Waals surface area contributed by atoms with Crippen LogP contribution < -0.4 is 19.5 Å². The Morgan fingerprint density at radius 1 is 1.13 bits per heavy atom. The van der Waals surface area contributed by atoms with Crippen molar-refractivity contribution in [3.05, 3.63) is 52.5 Å². The van der Waals surface area contributed by atoms with Gasteiger partial charge in [-0.3, -0.25) is 4.79 Å². The van der Waals surface area contributed by atoms with Gasteiger partial charge in [-0.05, 0) is 48.7 Å². The van der Waals surface area contributed by atoms with Crippen molar-refractivity contribution in [3.63, 3.8) is 0 Å². The van der Waals surface area contributed by atoms with E-state index >= 15 is 0 Å². The summed E-state index contributed by atoms with van der Waals surface area (Å²) in [7, 11) is -3.88. The van der Waals surface area contributed by atoms with Crippen molar-refractivity contribution in [2.45, 2.75) is 30.4 Å². The van der Waals surface area contributed by atoms with E-state index in [2.05, 4.69) is 10.0 Å². The topological polar surface area (TPSA) is 103 Å². The van der Waals surface area contributed by atoms with Gasteiger partial charge in [0.1, 0.15) is 4.90 Å². The van der Waals surface area contributed by atoms with Gasteiger partial charge in [-0.15, -0.1) is 0 Å². The third-order valence-corrected chi connectivity index (χ3v) is 6.80. The molecule has 1 fully saturated rings. The van der Waals surface area contributed by atoms with Crippen LogP contribution in [0.2, 0.25) is 5.02 Å². The summed E-state index contributed by atoms with van der Waals surface area (Å²) in [4.78, 5) is 12.4. The van der Waals surface area contributed by atoms with Crippen molar-refractivity contribution in [1.82, 2.24) is 10.0 Å². The second-order valence-electron chi connectivity index (χ2n) is 7.00. The quantitative estimate of drug-likeness (QED) is 0.669. The van der Waals surface area contributed by atoms with Gasteiger partial charge in [0.05, 0.1) is 11.1 Å². The Morgan fingerprint density at radius 3 is 2.77 bits per heavy atom. The molecule has 1 saturated heterocycles. The Kier molecular flexibility index (Phi) is 6.14.